The second-order valence-electron chi connectivity index (χ2n) is 4.77. The van der Waals surface area contributed by atoms with Crippen molar-refractivity contribution in [3.05, 3.63) is 0 Å². The lowest BCUT2D eigenvalue weighted by Gasteiger charge is -2.33. The van der Waals surface area contributed by atoms with Crippen LogP contribution in [0.5, 0.6) is 0 Å². The Morgan fingerprint density at radius 3 is 2.44 bits per heavy atom. The first-order chi connectivity index (χ1) is 8.52. The fourth-order valence-electron chi connectivity index (χ4n) is 2.06. The summed E-state index contributed by atoms with van der Waals surface area (Å²) in [5.74, 6) is 0.610. The largest absolute Gasteiger partial charge is 0.383 e. The average Bonchev–Trinajstić information content (AvgIpc) is 2.35. The van der Waals surface area contributed by atoms with Crippen molar-refractivity contribution in [3.8, 4) is 0 Å². The molecule has 0 radical (unpaired) electrons. The van der Waals surface area contributed by atoms with Gasteiger partial charge in [-0.15, -0.1) is 0 Å². The van der Waals surface area contributed by atoms with Crippen molar-refractivity contribution in [2.45, 2.75) is 19.8 Å². The van der Waals surface area contributed by atoms with Gasteiger partial charge in [0.25, 0.3) is 10.2 Å². The van der Waals surface area contributed by atoms with Gasteiger partial charge in [-0.25, -0.2) is 0 Å². The molecular formula is C11H25N3O3S. The maximum absolute atomic E-state index is 12.4. The lowest BCUT2D eigenvalue weighted by Crippen LogP contribution is -2.49. The molecule has 0 aliphatic carbocycles. The van der Waals surface area contributed by atoms with Crippen LogP contribution < -0.4 is 5.73 Å². The van der Waals surface area contributed by atoms with Gasteiger partial charge in [0.1, 0.15) is 0 Å². The molecule has 2 N–H and O–H groups in total. The summed E-state index contributed by atoms with van der Waals surface area (Å²) < 4.78 is 32.8. The number of ether oxygens (including phenoxy) is 1. The molecule has 1 fully saturated rings. The Morgan fingerprint density at radius 1 is 1.33 bits per heavy atom. The molecule has 0 aromatic carbocycles. The van der Waals surface area contributed by atoms with Gasteiger partial charge in [-0.3, -0.25) is 0 Å². The molecule has 0 spiro atoms. The van der Waals surface area contributed by atoms with Crippen molar-refractivity contribution in [1.29, 1.82) is 0 Å². The molecule has 1 heterocycles. The molecule has 1 aliphatic rings. The minimum atomic E-state index is -3.38. The smallest absolute Gasteiger partial charge is 0.282 e. The van der Waals surface area contributed by atoms with Gasteiger partial charge in [0.05, 0.1) is 6.61 Å². The Bertz CT molecular complexity index is 326. The predicted octanol–water partition coefficient (Wildman–Crippen LogP) is -0.130. The minimum Gasteiger partial charge on any atom is -0.383 e. The zero-order chi connectivity index (χ0) is 13.6. The van der Waals surface area contributed by atoms with Crippen LogP contribution >= 0.6 is 0 Å². The van der Waals surface area contributed by atoms with E-state index in [0.717, 1.165) is 12.8 Å². The maximum Gasteiger partial charge on any atom is 0.282 e. The number of nitrogens with two attached hydrogens (primary N) is 1. The Morgan fingerprint density at radius 2 is 1.94 bits per heavy atom. The van der Waals surface area contributed by atoms with E-state index in [1.165, 1.54) is 4.31 Å². The monoisotopic (exact) mass is 279 g/mol. The standard InChI is InChI=1S/C11H25N3O3S/c1-11-3-6-13(7-4-11)18(15,16)14(8-5-12)9-10-17-2/h11H,3-10,12H2,1-2H3. The van der Waals surface area contributed by atoms with Crippen molar-refractivity contribution in [1.82, 2.24) is 8.61 Å². The van der Waals surface area contributed by atoms with Gasteiger partial charge in [0.15, 0.2) is 0 Å². The van der Waals surface area contributed by atoms with Crippen LogP contribution in [0.4, 0.5) is 0 Å². The number of rotatable bonds is 7. The molecule has 6 nitrogen and oxygen atoms in total. The SMILES string of the molecule is COCCN(CCN)S(=O)(=O)N1CCC(C)CC1. The molecule has 7 heteroatoms. The first kappa shape index (κ1) is 15.8. The quantitative estimate of drug-likeness (QED) is 0.704. The highest BCUT2D eigenvalue weighted by Gasteiger charge is 2.31. The first-order valence-corrected chi connectivity index (χ1v) is 7.86. The summed E-state index contributed by atoms with van der Waals surface area (Å²) in [6.07, 6.45) is 1.86. The summed E-state index contributed by atoms with van der Waals surface area (Å²) >= 11 is 0. The topological polar surface area (TPSA) is 75.9 Å². The van der Waals surface area contributed by atoms with E-state index in [0.29, 0.717) is 45.2 Å². The van der Waals surface area contributed by atoms with E-state index in [2.05, 4.69) is 6.92 Å². The summed E-state index contributed by atoms with van der Waals surface area (Å²) in [6.45, 7) is 4.80. The first-order valence-electron chi connectivity index (χ1n) is 6.46. The number of piperidine rings is 1. The van der Waals surface area contributed by atoms with Crippen LogP contribution in [0.3, 0.4) is 0 Å². The number of hydrogen-bond donors (Lipinski definition) is 1. The van der Waals surface area contributed by atoms with Crippen molar-refractivity contribution in [2.75, 3.05) is 46.4 Å². The molecule has 1 aliphatic heterocycles. The number of nitrogens with zero attached hydrogens (tertiary/aromatic N) is 2. The molecule has 0 atom stereocenters. The lowest BCUT2D eigenvalue weighted by molar-refractivity contribution is 0.174. The molecule has 0 unspecified atom stereocenters. The second-order valence-corrected chi connectivity index (χ2v) is 6.70. The second kappa shape index (κ2) is 7.40. The normalized spacial score (nSPS) is 19.6. The van der Waals surface area contributed by atoms with Gasteiger partial charge in [-0.1, -0.05) is 6.92 Å². The van der Waals surface area contributed by atoms with Crippen LogP contribution in [0.15, 0.2) is 0 Å². The lowest BCUT2D eigenvalue weighted by atomic mass is 10.0. The fourth-order valence-corrected chi connectivity index (χ4v) is 3.70. The van der Waals surface area contributed by atoms with Gasteiger partial charge in [0.2, 0.25) is 0 Å². The Labute approximate surface area is 110 Å². The van der Waals surface area contributed by atoms with E-state index in [4.69, 9.17) is 10.5 Å². The van der Waals surface area contributed by atoms with Crippen molar-refractivity contribution in [3.63, 3.8) is 0 Å². The molecule has 0 aromatic heterocycles. The van der Waals surface area contributed by atoms with Gasteiger partial charge < -0.3 is 10.5 Å². The molecule has 0 amide bonds. The van der Waals surface area contributed by atoms with E-state index in [1.807, 2.05) is 0 Å². The third-order valence-electron chi connectivity index (χ3n) is 3.32. The van der Waals surface area contributed by atoms with E-state index in [9.17, 15) is 8.42 Å². The Balaban J connectivity index is 2.68. The number of hydrogen-bond acceptors (Lipinski definition) is 4. The van der Waals surface area contributed by atoms with Gasteiger partial charge in [-0.2, -0.15) is 17.0 Å². The van der Waals surface area contributed by atoms with Gasteiger partial charge in [-0.05, 0) is 18.8 Å². The summed E-state index contributed by atoms with van der Waals surface area (Å²) in [6, 6.07) is 0. The zero-order valence-corrected chi connectivity index (χ0v) is 12.2. The molecule has 0 bridgehead atoms. The van der Waals surface area contributed by atoms with E-state index >= 15 is 0 Å². The van der Waals surface area contributed by atoms with Crippen LogP contribution in [-0.4, -0.2) is 63.5 Å². The molecular weight excluding hydrogens is 254 g/mol. The molecule has 0 saturated carbocycles. The molecule has 18 heavy (non-hydrogen) atoms. The van der Waals surface area contributed by atoms with Crippen LogP contribution in [0.25, 0.3) is 0 Å². The van der Waals surface area contributed by atoms with Crippen molar-refractivity contribution in [2.24, 2.45) is 11.7 Å². The molecule has 0 aromatic rings. The van der Waals surface area contributed by atoms with E-state index in [1.54, 1.807) is 11.4 Å². The molecule has 1 rings (SSSR count). The van der Waals surface area contributed by atoms with Gasteiger partial charge >= 0.3 is 0 Å². The van der Waals surface area contributed by atoms with Crippen LogP contribution in [0.2, 0.25) is 0 Å². The van der Waals surface area contributed by atoms with Crippen molar-refractivity contribution < 1.29 is 13.2 Å². The maximum atomic E-state index is 12.4. The summed E-state index contributed by atoms with van der Waals surface area (Å²) in [5.41, 5.74) is 5.48. The third kappa shape index (κ3) is 4.17. The average molecular weight is 279 g/mol. The summed E-state index contributed by atoms with van der Waals surface area (Å²) in [5, 5.41) is 0. The summed E-state index contributed by atoms with van der Waals surface area (Å²) in [4.78, 5) is 0. The molecule has 108 valence electrons. The van der Waals surface area contributed by atoms with E-state index < -0.39 is 10.2 Å². The highest BCUT2D eigenvalue weighted by molar-refractivity contribution is 7.86. The predicted molar refractivity (Wildman–Crippen MR) is 71.4 cm³/mol. The fraction of sp³-hybridized carbons (Fsp3) is 1.00. The molecule has 1 saturated heterocycles. The summed E-state index contributed by atoms with van der Waals surface area (Å²) in [7, 11) is -1.81. The van der Waals surface area contributed by atoms with Crippen LogP contribution in [-0.2, 0) is 14.9 Å². The third-order valence-corrected chi connectivity index (χ3v) is 5.35. The highest BCUT2D eigenvalue weighted by Crippen LogP contribution is 2.20. The number of methoxy groups -OCH3 is 1. The Hall–Kier alpha value is -0.210. The van der Waals surface area contributed by atoms with E-state index in [-0.39, 0.29) is 0 Å². The van der Waals surface area contributed by atoms with Crippen LogP contribution in [0, 0.1) is 5.92 Å². The van der Waals surface area contributed by atoms with Crippen LogP contribution in [0.1, 0.15) is 19.8 Å². The van der Waals surface area contributed by atoms with Crippen molar-refractivity contribution >= 4 is 10.2 Å². The Kier molecular flexibility index (Phi) is 6.51. The zero-order valence-electron chi connectivity index (χ0n) is 11.3. The van der Waals surface area contributed by atoms with Gasteiger partial charge in [0, 0.05) is 39.8 Å². The minimum absolute atomic E-state index is 0.327. The highest BCUT2D eigenvalue weighted by atomic mass is 32.2.